The largest absolute Gasteiger partial charge is 0.333 e. The molecular formula is C20H18N4O3S. The van der Waals surface area contributed by atoms with Gasteiger partial charge in [0.05, 0.1) is 11.6 Å². The first-order valence-corrected chi connectivity index (χ1v) is 10.1. The number of anilines is 2. The van der Waals surface area contributed by atoms with Crippen molar-refractivity contribution in [3.8, 4) is 10.8 Å². The predicted octanol–water partition coefficient (Wildman–Crippen LogP) is 3.67. The van der Waals surface area contributed by atoms with Crippen LogP contribution in [-0.4, -0.2) is 28.5 Å². The zero-order valence-corrected chi connectivity index (χ0v) is 15.8. The molecule has 1 unspecified atom stereocenters. The topological polar surface area (TPSA) is 88.3 Å². The molecule has 1 atom stereocenters. The Kier molecular flexibility index (Phi) is 4.20. The van der Waals surface area contributed by atoms with Crippen molar-refractivity contribution >= 4 is 34.5 Å². The number of amides is 2. The molecule has 1 aliphatic heterocycles. The Morgan fingerprint density at radius 1 is 1.21 bits per heavy atom. The van der Waals surface area contributed by atoms with Gasteiger partial charge in [-0.3, -0.25) is 9.59 Å². The van der Waals surface area contributed by atoms with Crippen LogP contribution in [0.5, 0.6) is 0 Å². The normalized spacial score (nSPS) is 19.2. The maximum Gasteiger partial charge on any atom is 0.270 e. The van der Waals surface area contributed by atoms with Gasteiger partial charge in [0.25, 0.3) is 5.89 Å². The van der Waals surface area contributed by atoms with Crippen molar-refractivity contribution in [3.05, 3.63) is 47.6 Å². The summed E-state index contributed by atoms with van der Waals surface area (Å²) in [5, 5.41) is 8.86. The first-order chi connectivity index (χ1) is 13.7. The molecule has 3 aromatic rings. The average Bonchev–Trinajstić information content (AvgIpc) is 3.10. The first-order valence-electron chi connectivity index (χ1n) is 9.27. The molecule has 7 nitrogen and oxygen atoms in total. The summed E-state index contributed by atoms with van der Waals surface area (Å²) in [6.07, 6.45) is 2.40. The third-order valence-electron chi connectivity index (χ3n) is 5.07. The van der Waals surface area contributed by atoms with Crippen LogP contribution in [0.4, 0.5) is 11.4 Å². The molecule has 5 rings (SSSR count). The van der Waals surface area contributed by atoms with Crippen molar-refractivity contribution in [3.63, 3.8) is 0 Å². The molecule has 2 aliphatic rings. The molecule has 28 heavy (non-hydrogen) atoms. The monoisotopic (exact) mass is 394 g/mol. The Labute approximate surface area is 165 Å². The maximum absolute atomic E-state index is 12.8. The summed E-state index contributed by atoms with van der Waals surface area (Å²) in [6.45, 7) is 0.376. The molecule has 2 fully saturated rings. The van der Waals surface area contributed by atoms with E-state index in [0.717, 1.165) is 29.2 Å². The second kappa shape index (κ2) is 6.87. The highest BCUT2D eigenvalue weighted by Gasteiger charge is 2.35. The lowest BCUT2D eigenvalue weighted by atomic mass is 10.1. The first kappa shape index (κ1) is 17.1. The minimum atomic E-state index is -0.398. The number of para-hydroxylation sites is 1. The Balaban J connectivity index is 1.30. The molecule has 1 saturated heterocycles. The summed E-state index contributed by atoms with van der Waals surface area (Å²) in [5.41, 5.74) is 1.46. The Morgan fingerprint density at radius 3 is 2.82 bits per heavy atom. The van der Waals surface area contributed by atoms with E-state index in [4.69, 9.17) is 4.52 Å². The lowest BCUT2D eigenvalue weighted by Gasteiger charge is -2.16. The summed E-state index contributed by atoms with van der Waals surface area (Å²) < 4.78 is 5.39. The number of hydrogen-bond acceptors (Lipinski definition) is 6. The molecule has 2 aromatic heterocycles. The smallest absolute Gasteiger partial charge is 0.270 e. The van der Waals surface area contributed by atoms with Gasteiger partial charge in [0.2, 0.25) is 11.8 Å². The molecule has 0 spiro atoms. The van der Waals surface area contributed by atoms with Crippen LogP contribution >= 0.6 is 11.3 Å². The van der Waals surface area contributed by atoms with Gasteiger partial charge in [-0.25, -0.2) is 0 Å². The fourth-order valence-electron chi connectivity index (χ4n) is 3.38. The Bertz CT molecular complexity index is 1030. The number of nitrogens with zero attached hydrogens (tertiary/aromatic N) is 3. The molecule has 8 heteroatoms. The third kappa shape index (κ3) is 3.20. The number of rotatable bonds is 5. The summed E-state index contributed by atoms with van der Waals surface area (Å²) in [5.74, 6) is 0.964. The van der Waals surface area contributed by atoms with Gasteiger partial charge in [-0.1, -0.05) is 23.4 Å². The van der Waals surface area contributed by atoms with Gasteiger partial charge in [-0.05, 0) is 36.4 Å². The van der Waals surface area contributed by atoms with Gasteiger partial charge < -0.3 is 14.7 Å². The van der Waals surface area contributed by atoms with Crippen molar-refractivity contribution in [2.75, 3.05) is 16.8 Å². The fraction of sp³-hybridized carbons (Fsp3) is 0.300. The Hall–Kier alpha value is -3.00. The van der Waals surface area contributed by atoms with Crippen molar-refractivity contribution in [1.29, 1.82) is 0 Å². The predicted molar refractivity (Wildman–Crippen MR) is 105 cm³/mol. The molecule has 0 bridgehead atoms. The summed E-state index contributed by atoms with van der Waals surface area (Å²) in [6, 6.07) is 11.2. The van der Waals surface area contributed by atoms with Crippen LogP contribution in [-0.2, 0) is 9.59 Å². The Morgan fingerprint density at radius 2 is 2.04 bits per heavy atom. The highest BCUT2D eigenvalue weighted by Crippen LogP contribution is 2.40. The van der Waals surface area contributed by atoms with Gasteiger partial charge in [-0.15, -0.1) is 11.3 Å². The minimum Gasteiger partial charge on any atom is -0.333 e. The number of thiophene rings is 1. The van der Waals surface area contributed by atoms with Crippen LogP contribution < -0.4 is 10.2 Å². The molecule has 1 aromatic carbocycles. The lowest BCUT2D eigenvalue weighted by molar-refractivity contribution is -0.122. The lowest BCUT2D eigenvalue weighted by Crippen LogP contribution is -2.28. The molecule has 1 N–H and O–H groups in total. The number of carbonyl (C=O) groups excluding carboxylic acids is 2. The quantitative estimate of drug-likeness (QED) is 0.713. The van der Waals surface area contributed by atoms with Crippen LogP contribution in [0, 0.1) is 5.92 Å². The van der Waals surface area contributed by atoms with E-state index in [2.05, 4.69) is 15.5 Å². The zero-order chi connectivity index (χ0) is 19.1. The molecule has 1 aliphatic carbocycles. The van der Waals surface area contributed by atoms with Crippen molar-refractivity contribution in [2.45, 2.75) is 25.2 Å². The van der Waals surface area contributed by atoms with E-state index in [1.807, 2.05) is 41.8 Å². The van der Waals surface area contributed by atoms with Gasteiger partial charge in [0.1, 0.15) is 4.88 Å². The second-order valence-electron chi connectivity index (χ2n) is 7.13. The van der Waals surface area contributed by atoms with Gasteiger partial charge in [0, 0.05) is 24.6 Å². The standard InChI is InChI=1S/C20H18N4O3S/c25-16-10-13(11-24(16)14-4-2-1-3-5-14)19(26)21-15-8-9-28-17(15)20-22-18(23-27-20)12-6-7-12/h1-5,8-9,12-13H,6-7,10-11H2,(H,21,26). The average molecular weight is 394 g/mol. The van der Waals surface area contributed by atoms with E-state index in [1.54, 1.807) is 4.90 Å². The number of benzene rings is 1. The van der Waals surface area contributed by atoms with Crippen molar-refractivity contribution in [2.24, 2.45) is 5.92 Å². The molecule has 1 saturated carbocycles. The van der Waals surface area contributed by atoms with Crippen molar-refractivity contribution < 1.29 is 14.1 Å². The summed E-state index contributed by atoms with van der Waals surface area (Å²) in [7, 11) is 0. The fourth-order valence-corrected chi connectivity index (χ4v) is 4.15. The van der Waals surface area contributed by atoms with Crippen molar-refractivity contribution in [1.82, 2.24) is 10.1 Å². The SMILES string of the molecule is O=C(Nc1ccsc1-c1nc(C2CC2)no1)C1CC(=O)N(c2ccccc2)C1. The number of carbonyl (C=O) groups is 2. The van der Waals surface area contributed by atoms with Gasteiger partial charge in [0.15, 0.2) is 5.82 Å². The van der Waals surface area contributed by atoms with Crippen LogP contribution in [0.1, 0.15) is 31.0 Å². The molecule has 0 radical (unpaired) electrons. The highest BCUT2D eigenvalue weighted by atomic mass is 32.1. The highest BCUT2D eigenvalue weighted by molar-refractivity contribution is 7.14. The summed E-state index contributed by atoms with van der Waals surface area (Å²) in [4.78, 5) is 32.0. The molecule has 2 amide bonds. The number of nitrogens with one attached hydrogen (secondary N) is 1. The minimum absolute atomic E-state index is 0.0390. The molecule has 142 valence electrons. The van der Waals surface area contributed by atoms with Crippen LogP contribution in [0.15, 0.2) is 46.3 Å². The van der Waals surface area contributed by atoms with Gasteiger partial charge >= 0.3 is 0 Å². The third-order valence-corrected chi connectivity index (χ3v) is 5.97. The van der Waals surface area contributed by atoms with E-state index in [0.29, 0.717) is 24.0 Å². The second-order valence-corrected chi connectivity index (χ2v) is 8.04. The summed E-state index contributed by atoms with van der Waals surface area (Å²) >= 11 is 1.44. The molecule has 3 heterocycles. The van der Waals surface area contributed by atoms with E-state index in [-0.39, 0.29) is 18.2 Å². The van der Waals surface area contributed by atoms with E-state index < -0.39 is 5.92 Å². The maximum atomic E-state index is 12.8. The van der Waals surface area contributed by atoms with Gasteiger partial charge in [-0.2, -0.15) is 4.98 Å². The van der Waals surface area contributed by atoms with E-state index >= 15 is 0 Å². The van der Waals surface area contributed by atoms with E-state index in [1.165, 1.54) is 11.3 Å². The van der Waals surface area contributed by atoms with Crippen LogP contribution in [0.3, 0.4) is 0 Å². The van der Waals surface area contributed by atoms with E-state index in [9.17, 15) is 9.59 Å². The van der Waals surface area contributed by atoms with Crippen LogP contribution in [0.25, 0.3) is 10.8 Å². The number of aromatic nitrogens is 2. The number of hydrogen-bond donors (Lipinski definition) is 1. The molecular weight excluding hydrogens is 376 g/mol. The van der Waals surface area contributed by atoms with Crippen LogP contribution in [0.2, 0.25) is 0 Å². The zero-order valence-electron chi connectivity index (χ0n) is 15.0.